The van der Waals surface area contributed by atoms with Gasteiger partial charge < -0.3 is 23.7 Å². The molecule has 0 radical (unpaired) electrons. The number of methoxy groups -OCH3 is 1. The molecule has 21 heavy (non-hydrogen) atoms. The molecule has 1 rings (SSSR count). The van der Waals surface area contributed by atoms with Crippen LogP contribution in [0, 0.1) is 12.3 Å². The third kappa shape index (κ3) is 4.17. The Labute approximate surface area is 126 Å². The van der Waals surface area contributed by atoms with Gasteiger partial charge >= 0.3 is 5.97 Å². The van der Waals surface area contributed by atoms with Crippen LogP contribution in [0.15, 0.2) is 0 Å². The maximum absolute atomic E-state index is 11.9. The molecule has 5 atom stereocenters. The summed E-state index contributed by atoms with van der Waals surface area (Å²) in [6.07, 6.45) is 2.28. The summed E-state index contributed by atoms with van der Waals surface area (Å²) in [4.78, 5) is 11.9. The summed E-state index contributed by atoms with van der Waals surface area (Å²) in [5.74, 6) is 1.97. The monoisotopic (exact) mass is 300 g/mol. The zero-order valence-corrected chi connectivity index (χ0v) is 13.0. The van der Waals surface area contributed by atoms with Crippen LogP contribution in [0.4, 0.5) is 0 Å². The van der Waals surface area contributed by atoms with Gasteiger partial charge in [0.1, 0.15) is 24.4 Å². The van der Waals surface area contributed by atoms with Gasteiger partial charge in [-0.15, -0.1) is 6.42 Å². The summed E-state index contributed by atoms with van der Waals surface area (Å²) in [7, 11) is 1.30. The molecular formula is C15H24O6. The highest BCUT2D eigenvalue weighted by atomic mass is 16.6. The molecule has 0 aromatic rings. The summed E-state index contributed by atoms with van der Waals surface area (Å²) in [6.45, 7) is 6.86. The number of ether oxygens (including phenoxy) is 5. The fourth-order valence-electron chi connectivity index (χ4n) is 2.42. The minimum atomic E-state index is -0.927. The Morgan fingerprint density at radius 3 is 2.05 bits per heavy atom. The Hall–Kier alpha value is -1.13. The molecule has 0 aliphatic carbocycles. The van der Waals surface area contributed by atoms with E-state index in [4.69, 9.17) is 30.1 Å². The van der Waals surface area contributed by atoms with Crippen LogP contribution >= 0.6 is 0 Å². The van der Waals surface area contributed by atoms with E-state index in [2.05, 4.69) is 5.92 Å². The van der Waals surface area contributed by atoms with E-state index in [-0.39, 0.29) is 0 Å². The smallest absolute Gasteiger partial charge is 0.337 e. The third-order valence-electron chi connectivity index (χ3n) is 3.21. The van der Waals surface area contributed by atoms with E-state index in [0.29, 0.717) is 19.8 Å². The van der Waals surface area contributed by atoms with Gasteiger partial charge in [-0.3, -0.25) is 0 Å². The van der Waals surface area contributed by atoms with Gasteiger partial charge in [0.25, 0.3) is 0 Å². The maximum Gasteiger partial charge on any atom is 0.337 e. The van der Waals surface area contributed by atoms with Gasteiger partial charge in [-0.25, -0.2) is 4.79 Å². The highest BCUT2D eigenvalue weighted by Crippen LogP contribution is 2.28. The first-order valence-electron chi connectivity index (χ1n) is 7.18. The quantitative estimate of drug-likeness (QED) is 0.511. The number of hydrogen-bond acceptors (Lipinski definition) is 6. The average Bonchev–Trinajstić information content (AvgIpc) is 2.50. The zero-order valence-electron chi connectivity index (χ0n) is 13.0. The zero-order chi connectivity index (χ0) is 15.8. The van der Waals surface area contributed by atoms with Crippen molar-refractivity contribution in [3.8, 4) is 12.3 Å². The molecule has 1 saturated heterocycles. The van der Waals surface area contributed by atoms with Crippen molar-refractivity contribution in [1.82, 2.24) is 0 Å². The molecule has 0 N–H and O–H groups in total. The Morgan fingerprint density at radius 2 is 1.57 bits per heavy atom. The summed E-state index contributed by atoms with van der Waals surface area (Å²) >= 11 is 0. The van der Waals surface area contributed by atoms with E-state index in [9.17, 15) is 4.79 Å². The first kappa shape index (κ1) is 17.9. The summed E-state index contributed by atoms with van der Waals surface area (Å²) in [5.41, 5.74) is 0. The number of carbonyl (C=O) groups excluding carboxylic acids is 1. The number of hydrogen-bond donors (Lipinski definition) is 0. The van der Waals surface area contributed by atoms with E-state index in [1.807, 2.05) is 20.8 Å². The minimum Gasteiger partial charge on any atom is -0.467 e. The van der Waals surface area contributed by atoms with Crippen molar-refractivity contribution in [2.45, 2.75) is 51.3 Å². The molecule has 1 heterocycles. The van der Waals surface area contributed by atoms with Crippen molar-refractivity contribution in [1.29, 1.82) is 0 Å². The van der Waals surface area contributed by atoms with E-state index in [1.165, 1.54) is 7.11 Å². The molecule has 0 unspecified atom stereocenters. The van der Waals surface area contributed by atoms with Crippen LogP contribution in [0.3, 0.4) is 0 Å². The van der Waals surface area contributed by atoms with Gasteiger partial charge in [-0.1, -0.05) is 5.92 Å². The predicted octanol–water partition coefficient (Wildman–Crippen LogP) is 0.775. The summed E-state index contributed by atoms with van der Waals surface area (Å²) < 4.78 is 27.5. The molecule has 1 fully saturated rings. The summed E-state index contributed by atoms with van der Waals surface area (Å²) in [6, 6.07) is 0. The molecule has 0 amide bonds. The number of carbonyl (C=O) groups is 1. The lowest BCUT2D eigenvalue weighted by Gasteiger charge is -2.43. The molecular weight excluding hydrogens is 276 g/mol. The van der Waals surface area contributed by atoms with Crippen molar-refractivity contribution in [3.05, 3.63) is 0 Å². The highest BCUT2D eigenvalue weighted by Gasteiger charge is 2.50. The molecule has 1 aliphatic heterocycles. The predicted molar refractivity (Wildman–Crippen MR) is 75.8 cm³/mol. The van der Waals surface area contributed by atoms with Gasteiger partial charge in [0.15, 0.2) is 6.10 Å². The molecule has 0 spiro atoms. The largest absolute Gasteiger partial charge is 0.467 e. The van der Waals surface area contributed by atoms with Gasteiger partial charge in [-0.2, -0.15) is 0 Å². The second kappa shape index (κ2) is 9.00. The minimum absolute atomic E-state index is 0.407. The first-order chi connectivity index (χ1) is 10.1. The average molecular weight is 300 g/mol. The molecule has 120 valence electrons. The Kier molecular flexibility index (Phi) is 7.68. The lowest BCUT2D eigenvalue weighted by atomic mass is 9.94. The number of esters is 1. The Balaban J connectivity index is 3.09. The van der Waals surface area contributed by atoms with Crippen LogP contribution in [-0.4, -0.2) is 63.4 Å². The SMILES string of the molecule is C#C[C@@H]1O[C@H](C(=O)OC)[C@@H](OCC)[C@H](OCC)[C@H]1OCC. The van der Waals surface area contributed by atoms with Crippen LogP contribution in [0.25, 0.3) is 0 Å². The lowest BCUT2D eigenvalue weighted by Crippen LogP contribution is -2.62. The van der Waals surface area contributed by atoms with Crippen LogP contribution in [0.2, 0.25) is 0 Å². The lowest BCUT2D eigenvalue weighted by molar-refractivity contribution is -0.246. The number of terminal acetylenes is 1. The fraction of sp³-hybridized carbons (Fsp3) is 0.800. The Morgan fingerprint density at radius 1 is 1.05 bits per heavy atom. The summed E-state index contributed by atoms with van der Waals surface area (Å²) in [5, 5.41) is 0. The highest BCUT2D eigenvalue weighted by molar-refractivity contribution is 5.75. The van der Waals surface area contributed by atoms with Gasteiger partial charge in [0.2, 0.25) is 0 Å². The van der Waals surface area contributed by atoms with E-state index in [1.54, 1.807) is 0 Å². The van der Waals surface area contributed by atoms with Crippen molar-refractivity contribution in [2.24, 2.45) is 0 Å². The molecule has 0 saturated carbocycles. The topological polar surface area (TPSA) is 63.2 Å². The third-order valence-corrected chi connectivity index (χ3v) is 3.21. The maximum atomic E-state index is 11.9. The van der Waals surface area contributed by atoms with Crippen LogP contribution in [0.1, 0.15) is 20.8 Å². The second-order valence-electron chi connectivity index (χ2n) is 4.43. The van der Waals surface area contributed by atoms with Crippen molar-refractivity contribution < 1.29 is 28.5 Å². The standard InChI is InChI=1S/C15H24O6/c1-6-10-11(18-7-2)12(19-8-3)13(20-9-4)14(21-10)15(16)17-5/h1,10-14H,7-9H2,2-5H3/t10-,11-,12+,13-,14-/m0/s1. The molecule has 0 aromatic carbocycles. The fourth-order valence-corrected chi connectivity index (χ4v) is 2.42. The van der Waals surface area contributed by atoms with Crippen molar-refractivity contribution in [3.63, 3.8) is 0 Å². The molecule has 1 aliphatic rings. The normalized spacial score (nSPS) is 32.4. The number of rotatable bonds is 7. The van der Waals surface area contributed by atoms with Crippen LogP contribution < -0.4 is 0 Å². The molecule has 0 bridgehead atoms. The molecule has 0 aromatic heterocycles. The molecule has 6 nitrogen and oxygen atoms in total. The van der Waals surface area contributed by atoms with Crippen LogP contribution in [0.5, 0.6) is 0 Å². The second-order valence-corrected chi connectivity index (χ2v) is 4.43. The van der Waals surface area contributed by atoms with E-state index in [0.717, 1.165) is 0 Å². The van der Waals surface area contributed by atoms with Gasteiger partial charge in [0.05, 0.1) is 7.11 Å². The van der Waals surface area contributed by atoms with Gasteiger partial charge in [-0.05, 0) is 20.8 Å². The van der Waals surface area contributed by atoms with Crippen molar-refractivity contribution >= 4 is 5.97 Å². The van der Waals surface area contributed by atoms with Crippen LogP contribution in [-0.2, 0) is 28.5 Å². The van der Waals surface area contributed by atoms with Gasteiger partial charge in [0, 0.05) is 19.8 Å². The van der Waals surface area contributed by atoms with E-state index >= 15 is 0 Å². The van der Waals surface area contributed by atoms with Crippen molar-refractivity contribution in [2.75, 3.05) is 26.9 Å². The first-order valence-corrected chi connectivity index (χ1v) is 7.18. The Bertz CT molecular complexity index is 364. The van der Waals surface area contributed by atoms with E-state index < -0.39 is 36.5 Å². The molecule has 6 heteroatoms.